The predicted octanol–water partition coefficient (Wildman–Crippen LogP) is 4.93. The Kier molecular flexibility index (Phi) is 16.4. The molecule has 0 aliphatic carbocycles. The van der Waals surface area contributed by atoms with Gasteiger partial charge in [0.15, 0.2) is 0 Å². The van der Waals surface area contributed by atoms with Crippen LogP contribution in [-0.2, 0) is 35.3 Å². The second-order valence-corrected chi connectivity index (χ2v) is 13.9. The van der Waals surface area contributed by atoms with Gasteiger partial charge in [-0.05, 0) is 68.1 Å². The van der Waals surface area contributed by atoms with Crippen molar-refractivity contribution in [3.05, 3.63) is 77.2 Å². The molecule has 12 nitrogen and oxygen atoms in total. The van der Waals surface area contributed by atoms with E-state index in [1.54, 1.807) is 29.2 Å². The lowest BCUT2D eigenvalue weighted by atomic mass is 9.72. The van der Waals surface area contributed by atoms with Gasteiger partial charge in [-0.1, -0.05) is 12.1 Å². The van der Waals surface area contributed by atoms with Crippen molar-refractivity contribution in [2.24, 2.45) is 5.73 Å². The number of anilines is 1. The highest BCUT2D eigenvalue weighted by molar-refractivity contribution is 5.89. The average molecular weight is 801 g/mol. The zero-order valence-corrected chi connectivity index (χ0v) is 32.3. The summed E-state index contributed by atoms with van der Waals surface area (Å²) in [6, 6.07) is 13.2. The summed E-state index contributed by atoms with van der Waals surface area (Å²) in [4.78, 5) is 22.9. The van der Waals surface area contributed by atoms with E-state index in [-0.39, 0.29) is 49.1 Å². The minimum absolute atomic E-state index is 0.110. The van der Waals surface area contributed by atoms with Gasteiger partial charge in [0, 0.05) is 57.1 Å². The van der Waals surface area contributed by atoms with Crippen molar-refractivity contribution in [3.63, 3.8) is 0 Å². The first kappa shape index (κ1) is 43.7. The number of nitrogens with zero attached hydrogens (tertiary/aromatic N) is 4. The van der Waals surface area contributed by atoms with E-state index in [0.29, 0.717) is 108 Å². The lowest BCUT2D eigenvalue weighted by Crippen LogP contribution is -2.54. The van der Waals surface area contributed by atoms with Gasteiger partial charge in [-0.2, -0.15) is 18.4 Å². The van der Waals surface area contributed by atoms with E-state index in [9.17, 15) is 23.2 Å². The van der Waals surface area contributed by atoms with Gasteiger partial charge in [-0.25, -0.2) is 4.39 Å². The summed E-state index contributed by atoms with van der Waals surface area (Å²) in [5, 5.41) is 13.0. The van der Waals surface area contributed by atoms with Crippen molar-refractivity contribution in [1.29, 1.82) is 5.26 Å². The molecule has 2 aliphatic heterocycles. The third-order valence-electron chi connectivity index (χ3n) is 10.2. The van der Waals surface area contributed by atoms with Crippen molar-refractivity contribution >= 4 is 11.6 Å². The number of rotatable bonds is 21. The summed E-state index contributed by atoms with van der Waals surface area (Å²) in [7, 11) is 0. The van der Waals surface area contributed by atoms with Crippen LogP contribution in [0.25, 0.3) is 11.3 Å². The quantitative estimate of drug-likeness (QED) is 0.112. The number of hydrogen-bond donors (Lipinski definition) is 2. The molecule has 0 bridgehead atoms. The summed E-state index contributed by atoms with van der Waals surface area (Å²) >= 11 is 0. The van der Waals surface area contributed by atoms with Crippen LogP contribution in [0.2, 0.25) is 0 Å². The minimum Gasteiger partial charge on any atom is -0.494 e. The van der Waals surface area contributed by atoms with E-state index in [4.69, 9.17) is 29.4 Å². The van der Waals surface area contributed by atoms with E-state index in [1.807, 2.05) is 13.0 Å². The monoisotopic (exact) mass is 800 g/mol. The summed E-state index contributed by atoms with van der Waals surface area (Å²) in [5.74, 6) is -0.289. The Morgan fingerprint density at radius 1 is 0.965 bits per heavy atom. The summed E-state index contributed by atoms with van der Waals surface area (Å²) < 4.78 is 83.8. The molecule has 2 saturated heterocycles. The van der Waals surface area contributed by atoms with Crippen LogP contribution < -0.4 is 20.7 Å². The fourth-order valence-corrected chi connectivity index (χ4v) is 7.18. The zero-order valence-electron chi connectivity index (χ0n) is 32.3. The molecule has 16 heteroatoms. The average Bonchev–Trinajstić information content (AvgIpc) is 3.66. The molecular formula is C41H52F4N6O6. The van der Waals surface area contributed by atoms with Crippen LogP contribution in [0.4, 0.5) is 23.2 Å². The molecule has 0 spiro atoms. The van der Waals surface area contributed by atoms with Crippen LogP contribution in [0, 0.1) is 17.1 Å². The highest BCUT2D eigenvalue weighted by Crippen LogP contribution is 2.40. The molecule has 5 rings (SSSR count). The van der Waals surface area contributed by atoms with Crippen LogP contribution in [-0.4, -0.2) is 121 Å². The number of aromatic nitrogens is 1. The van der Waals surface area contributed by atoms with Crippen molar-refractivity contribution < 1.29 is 46.0 Å². The number of benzene rings is 2. The number of halogens is 4. The Balaban J connectivity index is 1.20. The van der Waals surface area contributed by atoms with Gasteiger partial charge in [0.1, 0.15) is 23.3 Å². The van der Waals surface area contributed by atoms with Crippen molar-refractivity contribution in [2.45, 2.75) is 43.8 Å². The van der Waals surface area contributed by atoms with E-state index in [1.165, 1.54) is 18.3 Å². The van der Waals surface area contributed by atoms with Crippen LogP contribution in [0.15, 0.2) is 54.7 Å². The number of nitrogens with two attached hydrogens (primary N) is 1. The van der Waals surface area contributed by atoms with Gasteiger partial charge >= 0.3 is 6.18 Å². The molecule has 0 saturated carbocycles. The van der Waals surface area contributed by atoms with E-state index >= 15 is 4.39 Å². The second-order valence-electron chi connectivity index (χ2n) is 13.9. The highest BCUT2D eigenvalue weighted by Gasteiger charge is 2.45. The Labute approximate surface area is 331 Å². The Morgan fingerprint density at radius 3 is 2.28 bits per heavy atom. The molecular weight excluding hydrogens is 748 g/mol. The smallest absolute Gasteiger partial charge is 0.416 e. The molecule has 1 atom stereocenters. The topological polar surface area (TPSA) is 144 Å². The Morgan fingerprint density at radius 2 is 1.65 bits per heavy atom. The molecule has 2 aliphatic rings. The maximum absolute atomic E-state index is 16.0. The van der Waals surface area contributed by atoms with Gasteiger partial charge in [0.2, 0.25) is 5.91 Å². The highest BCUT2D eigenvalue weighted by atomic mass is 19.4. The molecule has 2 fully saturated rings. The third kappa shape index (κ3) is 12.1. The van der Waals surface area contributed by atoms with Gasteiger partial charge in [0.05, 0.1) is 81.7 Å². The van der Waals surface area contributed by atoms with Crippen LogP contribution in [0.5, 0.6) is 5.75 Å². The normalized spacial score (nSPS) is 17.1. The number of carbonyl (C=O) groups excluding carboxylic acids is 1. The maximum atomic E-state index is 16.0. The van der Waals surface area contributed by atoms with Crippen LogP contribution in [0.1, 0.15) is 42.9 Å². The first-order valence-electron chi connectivity index (χ1n) is 19.4. The number of alkyl halides is 3. The van der Waals surface area contributed by atoms with Gasteiger partial charge in [-0.15, -0.1) is 0 Å². The van der Waals surface area contributed by atoms with E-state index in [0.717, 1.165) is 18.7 Å². The number of piperidine rings is 1. The number of hydrogen-bond acceptors (Lipinski definition) is 11. The largest absolute Gasteiger partial charge is 0.494 e. The van der Waals surface area contributed by atoms with Crippen LogP contribution in [0.3, 0.4) is 0 Å². The standard InChI is InChI=1S/C41H52F4N6O6/c1-2-57-35-5-3-4-30(25-35)38-36(42)26-33(28-48-38)40(9-13-51(14-10-40)37-7-6-32(41(43,44)45)24-31(37)27-47)39(52)49-34-8-12-50(29-34)15-17-54-19-21-56-23-22-55-20-18-53-16-11-46/h3-7,24-26,28,34H,2,8-23,29,46H2,1H3,(H,49,52)/t34-/m1/s1. The summed E-state index contributed by atoms with van der Waals surface area (Å²) in [6.45, 7) is 9.11. The minimum atomic E-state index is -4.60. The lowest BCUT2D eigenvalue weighted by Gasteiger charge is -2.42. The SMILES string of the molecule is CCOc1cccc(-c2ncc(C3(C(=O)N[C@@H]4CCN(CCOCCOCCOCCOCCN)C4)CCN(c4ccc(C(F)(F)F)cc4C#N)CC3)cc2F)c1. The van der Waals surface area contributed by atoms with E-state index in [2.05, 4.69) is 15.2 Å². The number of pyridine rings is 1. The number of ether oxygens (including phenoxy) is 5. The second kappa shape index (κ2) is 21.4. The first-order valence-corrected chi connectivity index (χ1v) is 19.4. The van der Waals surface area contributed by atoms with Crippen molar-refractivity contribution in [1.82, 2.24) is 15.2 Å². The number of likely N-dealkylation sites (tertiary alicyclic amines) is 1. The van der Waals surface area contributed by atoms with Crippen molar-refractivity contribution in [2.75, 3.05) is 104 Å². The molecule has 0 unspecified atom stereocenters. The molecule has 0 radical (unpaired) electrons. The molecule has 3 heterocycles. The number of amides is 1. The van der Waals surface area contributed by atoms with Crippen molar-refractivity contribution in [3.8, 4) is 23.1 Å². The molecule has 1 aromatic heterocycles. The molecule has 57 heavy (non-hydrogen) atoms. The number of nitriles is 1. The predicted molar refractivity (Wildman–Crippen MR) is 205 cm³/mol. The molecule has 1 amide bonds. The third-order valence-corrected chi connectivity index (χ3v) is 10.2. The van der Waals surface area contributed by atoms with Gasteiger partial charge in [-0.3, -0.25) is 14.7 Å². The lowest BCUT2D eigenvalue weighted by molar-refractivity contribution is -0.137. The summed E-state index contributed by atoms with van der Waals surface area (Å²) in [5.41, 5.74) is 4.57. The fourth-order valence-electron chi connectivity index (χ4n) is 7.18. The fraction of sp³-hybridized carbons (Fsp3) is 0.537. The van der Waals surface area contributed by atoms with Gasteiger partial charge < -0.3 is 39.6 Å². The number of nitrogens with one attached hydrogen (secondary N) is 1. The Bertz CT molecular complexity index is 1790. The first-order chi connectivity index (χ1) is 27.6. The molecule has 2 aromatic carbocycles. The summed E-state index contributed by atoms with van der Waals surface area (Å²) in [6.07, 6.45) is -1.91. The molecule has 3 N–H and O–H groups in total. The zero-order chi connectivity index (χ0) is 40.7. The maximum Gasteiger partial charge on any atom is 0.416 e. The number of carbonyl (C=O) groups is 1. The Hall–Kier alpha value is -4.37. The molecule has 310 valence electrons. The van der Waals surface area contributed by atoms with E-state index < -0.39 is 23.0 Å². The molecule has 3 aromatic rings. The van der Waals surface area contributed by atoms with Crippen LogP contribution >= 0.6 is 0 Å². The van der Waals surface area contributed by atoms with Gasteiger partial charge in [0.25, 0.3) is 0 Å².